The Morgan fingerprint density at radius 3 is 2.62 bits per heavy atom. The number of rotatable bonds is 4. The second-order valence-electron chi connectivity index (χ2n) is 1.81. The zero-order chi connectivity index (χ0) is 6.41. The van der Waals surface area contributed by atoms with Crippen LogP contribution in [0.4, 0.5) is 0 Å². The minimum absolute atomic E-state index is 0.821. The SMILES string of the molecule is CCC(C)SCCS. The van der Waals surface area contributed by atoms with Crippen molar-refractivity contribution in [3.8, 4) is 0 Å². The summed E-state index contributed by atoms with van der Waals surface area (Å²) in [5.74, 6) is 2.20. The van der Waals surface area contributed by atoms with Crippen LogP contribution in [0.2, 0.25) is 0 Å². The third-order valence-corrected chi connectivity index (χ3v) is 2.94. The van der Waals surface area contributed by atoms with Gasteiger partial charge in [0.1, 0.15) is 0 Å². The van der Waals surface area contributed by atoms with E-state index in [-0.39, 0.29) is 0 Å². The molecule has 50 valence electrons. The van der Waals surface area contributed by atoms with Gasteiger partial charge >= 0.3 is 0 Å². The molecule has 1 unspecified atom stereocenters. The molecular weight excluding hydrogens is 136 g/mol. The first kappa shape index (κ1) is 8.70. The van der Waals surface area contributed by atoms with Crippen molar-refractivity contribution in [2.75, 3.05) is 11.5 Å². The van der Waals surface area contributed by atoms with Crippen LogP contribution < -0.4 is 0 Å². The smallest absolute Gasteiger partial charge is 0.00237 e. The average molecular weight is 150 g/mol. The lowest BCUT2D eigenvalue weighted by molar-refractivity contribution is 0.906. The van der Waals surface area contributed by atoms with E-state index >= 15 is 0 Å². The Bertz CT molecular complexity index is 45.8. The Morgan fingerprint density at radius 2 is 2.25 bits per heavy atom. The van der Waals surface area contributed by atoms with Crippen molar-refractivity contribution in [1.29, 1.82) is 0 Å². The van der Waals surface area contributed by atoms with Crippen LogP contribution in [0.3, 0.4) is 0 Å². The molecule has 0 nitrogen and oxygen atoms in total. The van der Waals surface area contributed by atoms with Crippen molar-refractivity contribution in [3.05, 3.63) is 0 Å². The number of thiol groups is 1. The highest BCUT2D eigenvalue weighted by atomic mass is 32.2. The largest absolute Gasteiger partial charge is 0.179 e. The van der Waals surface area contributed by atoms with Gasteiger partial charge in [-0.2, -0.15) is 24.4 Å². The fourth-order valence-corrected chi connectivity index (χ4v) is 1.43. The molecular formula is C6H14S2. The minimum atomic E-state index is 0.821. The molecule has 0 aliphatic carbocycles. The highest BCUT2D eigenvalue weighted by Crippen LogP contribution is 2.12. The summed E-state index contributed by atoms with van der Waals surface area (Å²) >= 11 is 6.11. The second kappa shape index (κ2) is 5.83. The summed E-state index contributed by atoms with van der Waals surface area (Å²) in [6.45, 7) is 4.48. The van der Waals surface area contributed by atoms with Gasteiger partial charge in [0, 0.05) is 11.0 Å². The molecule has 0 saturated heterocycles. The monoisotopic (exact) mass is 150 g/mol. The molecule has 0 rings (SSSR count). The topological polar surface area (TPSA) is 0 Å². The molecule has 1 atom stereocenters. The van der Waals surface area contributed by atoms with Crippen LogP contribution in [-0.2, 0) is 0 Å². The Labute approximate surface area is 61.8 Å². The Balaban J connectivity index is 2.86. The van der Waals surface area contributed by atoms with E-state index in [1.165, 1.54) is 12.2 Å². The van der Waals surface area contributed by atoms with Crippen LogP contribution in [0.15, 0.2) is 0 Å². The van der Waals surface area contributed by atoms with Gasteiger partial charge in [0.2, 0.25) is 0 Å². The summed E-state index contributed by atoms with van der Waals surface area (Å²) in [5, 5.41) is 0.821. The van der Waals surface area contributed by atoms with Gasteiger partial charge in [0.15, 0.2) is 0 Å². The average Bonchev–Trinajstić information content (AvgIpc) is 1.83. The highest BCUT2D eigenvalue weighted by Gasteiger charge is 1.95. The summed E-state index contributed by atoms with van der Waals surface area (Å²) in [5.41, 5.74) is 0. The molecule has 0 radical (unpaired) electrons. The van der Waals surface area contributed by atoms with E-state index in [1.807, 2.05) is 11.8 Å². The van der Waals surface area contributed by atoms with E-state index in [2.05, 4.69) is 26.5 Å². The van der Waals surface area contributed by atoms with E-state index in [1.54, 1.807) is 0 Å². The summed E-state index contributed by atoms with van der Waals surface area (Å²) in [6, 6.07) is 0. The maximum absolute atomic E-state index is 4.11. The van der Waals surface area contributed by atoms with E-state index in [9.17, 15) is 0 Å². The lowest BCUT2D eigenvalue weighted by atomic mass is 10.4. The predicted molar refractivity (Wildman–Crippen MR) is 46.1 cm³/mol. The molecule has 8 heavy (non-hydrogen) atoms. The molecule has 0 heterocycles. The molecule has 0 N–H and O–H groups in total. The first-order chi connectivity index (χ1) is 3.81. The molecule has 0 aromatic carbocycles. The Morgan fingerprint density at radius 1 is 1.62 bits per heavy atom. The first-order valence-electron chi connectivity index (χ1n) is 3.03. The molecule has 0 spiro atoms. The highest BCUT2D eigenvalue weighted by molar-refractivity contribution is 8.00. The molecule has 0 aromatic rings. The number of hydrogen-bond acceptors (Lipinski definition) is 2. The van der Waals surface area contributed by atoms with Gasteiger partial charge in [-0.3, -0.25) is 0 Å². The number of thioether (sulfide) groups is 1. The van der Waals surface area contributed by atoms with E-state index < -0.39 is 0 Å². The molecule has 0 amide bonds. The molecule has 0 aromatic heterocycles. The molecule has 0 fully saturated rings. The van der Waals surface area contributed by atoms with E-state index in [4.69, 9.17) is 0 Å². The van der Waals surface area contributed by atoms with Crippen LogP contribution in [0.25, 0.3) is 0 Å². The van der Waals surface area contributed by atoms with Crippen LogP contribution >= 0.6 is 24.4 Å². The summed E-state index contributed by atoms with van der Waals surface area (Å²) < 4.78 is 0. The van der Waals surface area contributed by atoms with E-state index in [0.29, 0.717) is 0 Å². The number of hydrogen-bond donors (Lipinski definition) is 1. The van der Waals surface area contributed by atoms with Crippen molar-refractivity contribution in [2.24, 2.45) is 0 Å². The fourth-order valence-electron chi connectivity index (χ4n) is 0.372. The van der Waals surface area contributed by atoms with Gasteiger partial charge in [-0.15, -0.1) is 0 Å². The molecule has 0 aliphatic heterocycles. The van der Waals surface area contributed by atoms with Gasteiger partial charge in [-0.1, -0.05) is 13.8 Å². The van der Waals surface area contributed by atoms with Gasteiger partial charge in [-0.25, -0.2) is 0 Å². The zero-order valence-electron chi connectivity index (χ0n) is 5.55. The molecule has 0 bridgehead atoms. The van der Waals surface area contributed by atoms with Crippen LogP contribution in [-0.4, -0.2) is 16.8 Å². The quantitative estimate of drug-likeness (QED) is 0.601. The molecule has 0 saturated carbocycles. The predicted octanol–water partition coefficient (Wildman–Crippen LogP) is 2.45. The second-order valence-corrected chi connectivity index (χ2v) is 3.81. The van der Waals surface area contributed by atoms with Gasteiger partial charge in [0.05, 0.1) is 0 Å². The lowest BCUT2D eigenvalue weighted by Gasteiger charge is -2.04. The maximum Gasteiger partial charge on any atom is 0.00237 e. The van der Waals surface area contributed by atoms with Crippen molar-refractivity contribution in [3.63, 3.8) is 0 Å². The zero-order valence-corrected chi connectivity index (χ0v) is 7.27. The van der Waals surface area contributed by atoms with Crippen molar-refractivity contribution in [2.45, 2.75) is 25.5 Å². The Hall–Kier alpha value is 0.700. The van der Waals surface area contributed by atoms with Gasteiger partial charge in [0.25, 0.3) is 0 Å². The van der Waals surface area contributed by atoms with Crippen LogP contribution in [0.1, 0.15) is 20.3 Å². The van der Waals surface area contributed by atoms with Crippen molar-refractivity contribution < 1.29 is 0 Å². The third kappa shape index (κ3) is 4.85. The van der Waals surface area contributed by atoms with Crippen molar-refractivity contribution in [1.82, 2.24) is 0 Å². The lowest BCUT2D eigenvalue weighted by Crippen LogP contribution is -1.94. The van der Waals surface area contributed by atoms with Gasteiger partial charge in [-0.05, 0) is 12.2 Å². The fraction of sp³-hybridized carbons (Fsp3) is 1.00. The van der Waals surface area contributed by atoms with Crippen molar-refractivity contribution >= 4 is 24.4 Å². The summed E-state index contributed by atoms with van der Waals surface area (Å²) in [4.78, 5) is 0. The standard InChI is InChI=1S/C6H14S2/c1-3-6(2)8-5-4-7/h6-7H,3-5H2,1-2H3. The minimum Gasteiger partial charge on any atom is -0.179 e. The first-order valence-corrected chi connectivity index (χ1v) is 4.71. The van der Waals surface area contributed by atoms with Crippen LogP contribution in [0, 0.1) is 0 Å². The molecule has 2 heteroatoms. The molecule has 0 aliphatic rings. The van der Waals surface area contributed by atoms with Gasteiger partial charge < -0.3 is 0 Å². The summed E-state index contributed by atoms with van der Waals surface area (Å²) in [7, 11) is 0. The third-order valence-electron chi connectivity index (χ3n) is 1.07. The maximum atomic E-state index is 4.11. The van der Waals surface area contributed by atoms with Crippen LogP contribution in [0.5, 0.6) is 0 Å². The Kier molecular flexibility index (Phi) is 6.34. The summed E-state index contributed by atoms with van der Waals surface area (Å²) in [6.07, 6.45) is 1.28. The van der Waals surface area contributed by atoms with E-state index in [0.717, 1.165) is 11.0 Å². The normalized spacial score (nSPS) is 13.9.